The zero-order valence-electron chi connectivity index (χ0n) is 14.6. The molecule has 0 saturated carbocycles. The van der Waals surface area contributed by atoms with Crippen molar-refractivity contribution < 1.29 is 8.42 Å². The maximum atomic E-state index is 13.0. The van der Waals surface area contributed by atoms with Gasteiger partial charge in [-0.1, -0.05) is 32.0 Å². The van der Waals surface area contributed by atoms with E-state index in [-0.39, 0.29) is 0 Å². The fraction of sp³-hybridized carbons (Fsp3) is 0.400. The van der Waals surface area contributed by atoms with E-state index in [0.717, 1.165) is 24.3 Å². The van der Waals surface area contributed by atoms with Crippen LogP contribution in [-0.4, -0.2) is 27.5 Å². The molecular weight excluding hydrogens is 332 g/mol. The van der Waals surface area contributed by atoms with Crippen LogP contribution >= 0.6 is 0 Å². The summed E-state index contributed by atoms with van der Waals surface area (Å²) in [6.07, 6.45) is 0. The van der Waals surface area contributed by atoms with Gasteiger partial charge in [0.15, 0.2) is 0 Å². The third kappa shape index (κ3) is 2.75. The number of sulfone groups is 1. The molecule has 4 atom stereocenters. The maximum absolute atomic E-state index is 13.0. The molecule has 132 valence electrons. The Hall–Kier alpha value is -1.85. The summed E-state index contributed by atoms with van der Waals surface area (Å²) >= 11 is 0. The van der Waals surface area contributed by atoms with Gasteiger partial charge in [0.05, 0.1) is 9.79 Å². The molecule has 0 bridgehead atoms. The molecule has 0 radical (unpaired) electrons. The van der Waals surface area contributed by atoms with Crippen molar-refractivity contribution in [2.75, 3.05) is 18.4 Å². The average molecular weight is 356 g/mol. The maximum Gasteiger partial charge on any atom is 0.206 e. The van der Waals surface area contributed by atoms with Crippen molar-refractivity contribution >= 4 is 15.5 Å². The number of rotatable bonds is 2. The second-order valence-electron chi connectivity index (χ2n) is 7.37. The summed E-state index contributed by atoms with van der Waals surface area (Å²) in [6, 6.07) is 14.6. The topological polar surface area (TPSA) is 58.2 Å². The third-order valence-electron chi connectivity index (χ3n) is 5.61. The van der Waals surface area contributed by atoms with Crippen molar-refractivity contribution in [1.29, 1.82) is 0 Å². The number of hydrogen-bond acceptors (Lipinski definition) is 4. The van der Waals surface area contributed by atoms with Crippen LogP contribution < -0.4 is 10.6 Å². The highest BCUT2D eigenvalue weighted by Gasteiger charge is 2.40. The predicted molar refractivity (Wildman–Crippen MR) is 99.7 cm³/mol. The van der Waals surface area contributed by atoms with Gasteiger partial charge in [-0.3, -0.25) is 0 Å². The standard InChI is InChI=1S/C20H24N2O2S/c1-13-11-21-12-14(2)20-19(13)17-10-16(8-9-18(17)22-20)25(23,24)15-6-4-3-5-7-15/h3-10,13-14,19-22H,11-12H2,1-2H3/t13?,14?,19-,20+/m1/s1. The van der Waals surface area contributed by atoms with Crippen molar-refractivity contribution in [2.24, 2.45) is 11.8 Å². The quantitative estimate of drug-likeness (QED) is 0.867. The van der Waals surface area contributed by atoms with Crippen LogP contribution in [0.5, 0.6) is 0 Å². The van der Waals surface area contributed by atoms with Gasteiger partial charge in [0.1, 0.15) is 0 Å². The Kier molecular flexibility index (Phi) is 4.08. The molecule has 0 aliphatic carbocycles. The first kappa shape index (κ1) is 16.6. The van der Waals surface area contributed by atoms with E-state index in [9.17, 15) is 8.42 Å². The van der Waals surface area contributed by atoms with Crippen molar-refractivity contribution in [3.63, 3.8) is 0 Å². The molecule has 2 aliphatic heterocycles. The molecule has 2 aromatic carbocycles. The smallest absolute Gasteiger partial charge is 0.206 e. The average Bonchev–Trinajstić information content (AvgIpc) is 2.94. The zero-order chi connectivity index (χ0) is 17.6. The second-order valence-corrected chi connectivity index (χ2v) is 9.32. The first-order chi connectivity index (χ1) is 12.0. The van der Waals surface area contributed by atoms with E-state index in [0.29, 0.717) is 33.6 Å². The van der Waals surface area contributed by atoms with Crippen molar-refractivity contribution in [3.8, 4) is 0 Å². The van der Waals surface area contributed by atoms with Crippen LogP contribution in [0.25, 0.3) is 0 Å². The van der Waals surface area contributed by atoms with Gasteiger partial charge < -0.3 is 10.6 Å². The monoisotopic (exact) mass is 356 g/mol. The van der Waals surface area contributed by atoms with Gasteiger partial charge in [-0.05, 0) is 60.8 Å². The second kappa shape index (κ2) is 6.15. The summed E-state index contributed by atoms with van der Waals surface area (Å²) in [4.78, 5) is 0.735. The lowest BCUT2D eigenvalue weighted by atomic mass is 9.81. The summed E-state index contributed by atoms with van der Waals surface area (Å²) in [7, 11) is -3.48. The Morgan fingerprint density at radius 3 is 2.40 bits per heavy atom. The van der Waals surface area contributed by atoms with Gasteiger partial charge >= 0.3 is 0 Å². The molecule has 5 heteroatoms. The van der Waals surface area contributed by atoms with Gasteiger partial charge in [0.25, 0.3) is 0 Å². The number of nitrogens with one attached hydrogen (secondary N) is 2. The Morgan fingerprint density at radius 2 is 1.64 bits per heavy atom. The molecule has 2 aliphatic rings. The molecule has 2 aromatic rings. The van der Waals surface area contributed by atoms with Crippen molar-refractivity contribution in [3.05, 3.63) is 54.1 Å². The van der Waals surface area contributed by atoms with E-state index in [1.54, 1.807) is 30.3 Å². The van der Waals surface area contributed by atoms with Crippen LogP contribution in [0.1, 0.15) is 25.3 Å². The van der Waals surface area contributed by atoms with Gasteiger partial charge in [0.2, 0.25) is 9.84 Å². The Balaban J connectivity index is 1.78. The summed E-state index contributed by atoms with van der Waals surface area (Å²) in [5.74, 6) is 1.29. The minimum atomic E-state index is -3.48. The summed E-state index contributed by atoms with van der Waals surface area (Å²) in [5.41, 5.74) is 2.23. The molecule has 4 nitrogen and oxygen atoms in total. The van der Waals surface area contributed by atoms with E-state index in [1.165, 1.54) is 0 Å². The van der Waals surface area contributed by atoms with E-state index in [1.807, 2.05) is 18.2 Å². The van der Waals surface area contributed by atoms with E-state index < -0.39 is 9.84 Å². The molecule has 2 unspecified atom stereocenters. The van der Waals surface area contributed by atoms with Gasteiger partial charge in [-0.2, -0.15) is 0 Å². The lowest BCUT2D eigenvalue weighted by Gasteiger charge is -2.26. The normalized spacial score (nSPS) is 28.6. The molecule has 4 rings (SSSR count). The van der Waals surface area contributed by atoms with Crippen LogP contribution in [0.2, 0.25) is 0 Å². The Morgan fingerprint density at radius 1 is 0.920 bits per heavy atom. The molecule has 0 aromatic heterocycles. The fourth-order valence-electron chi connectivity index (χ4n) is 4.26. The molecule has 0 spiro atoms. The fourth-order valence-corrected chi connectivity index (χ4v) is 5.58. The first-order valence-electron chi connectivity index (χ1n) is 8.90. The largest absolute Gasteiger partial charge is 0.381 e. The summed E-state index contributed by atoms with van der Waals surface area (Å²) < 4.78 is 25.9. The molecular formula is C20H24N2O2S. The molecule has 0 amide bonds. The third-order valence-corrected chi connectivity index (χ3v) is 7.38. The minimum absolute atomic E-state index is 0.339. The highest BCUT2D eigenvalue weighted by Crippen LogP contribution is 2.45. The number of fused-ring (bicyclic) bond motifs is 3. The Bertz CT molecular complexity index is 880. The zero-order valence-corrected chi connectivity index (χ0v) is 15.4. The molecule has 25 heavy (non-hydrogen) atoms. The van der Waals surface area contributed by atoms with Crippen LogP contribution in [0.3, 0.4) is 0 Å². The molecule has 2 heterocycles. The molecule has 2 N–H and O–H groups in total. The van der Waals surface area contributed by atoms with Crippen molar-refractivity contribution in [2.45, 2.75) is 35.6 Å². The van der Waals surface area contributed by atoms with E-state index >= 15 is 0 Å². The summed E-state index contributed by atoms with van der Waals surface area (Å²) in [6.45, 7) is 6.45. The van der Waals surface area contributed by atoms with Gasteiger partial charge in [0, 0.05) is 17.6 Å². The lowest BCUT2D eigenvalue weighted by molar-refractivity contribution is 0.402. The van der Waals surface area contributed by atoms with Crippen LogP contribution in [0.15, 0.2) is 58.3 Å². The number of benzene rings is 2. The molecule has 1 fully saturated rings. The predicted octanol–water partition coefficient (Wildman–Crippen LogP) is 3.27. The first-order valence-corrected chi connectivity index (χ1v) is 10.4. The van der Waals surface area contributed by atoms with E-state index in [4.69, 9.17) is 0 Å². The summed E-state index contributed by atoms with van der Waals surface area (Å²) in [5, 5.41) is 7.16. The number of hydrogen-bond donors (Lipinski definition) is 2. The van der Waals surface area contributed by atoms with Crippen LogP contribution in [-0.2, 0) is 9.84 Å². The van der Waals surface area contributed by atoms with Gasteiger partial charge in [-0.25, -0.2) is 8.42 Å². The minimum Gasteiger partial charge on any atom is -0.381 e. The Labute approximate surface area is 149 Å². The van der Waals surface area contributed by atoms with Crippen molar-refractivity contribution in [1.82, 2.24) is 5.32 Å². The number of anilines is 1. The van der Waals surface area contributed by atoms with Gasteiger partial charge in [-0.15, -0.1) is 0 Å². The highest BCUT2D eigenvalue weighted by atomic mass is 32.2. The lowest BCUT2D eigenvalue weighted by Crippen LogP contribution is -2.32. The van der Waals surface area contributed by atoms with Crippen LogP contribution in [0, 0.1) is 11.8 Å². The highest BCUT2D eigenvalue weighted by molar-refractivity contribution is 7.91. The van der Waals surface area contributed by atoms with E-state index in [2.05, 4.69) is 24.5 Å². The van der Waals surface area contributed by atoms with Crippen LogP contribution in [0.4, 0.5) is 5.69 Å². The molecule has 1 saturated heterocycles. The SMILES string of the molecule is CC1CNCC(C)[C@@H]2c3cc(S(=O)(=O)c4ccccc4)ccc3N[C@@H]12.